The molecule has 1 unspecified atom stereocenters. The number of cyclic esters (lactones) is 1. The molecular weight excluding hydrogens is 551 g/mol. The van der Waals surface area contributed by atoms with Crippen LogP contribution in [0.15, 0.2) is 54.1 Å². The number of nitrogens with zero attached hydrogens (tertiary/aromatic N) is 2. The number of hydrogen-bond donors (Lipinski definition) is 1. The second-order valence-corrected chi connectivity index (χ2v) is 10.5. The van der Waals surface area contributed by atoms with Gasteiger partial charge in [-0.3, -0.25) is 0 Å². The van der Waals surface area contributed by atoms with Gasteiger partial charge in [0.15, 0.2) is 23.1 Å². The summed E-state index contributed by atoms with van der Waals surface area (Å²) in [5.74, 6) is -1.86. The first kappa shape index (κ1) is 27.0. The van der Waals surface area contributed by atoms with E-state index in [0.29, 0.717) is 51.9 Å². The third-order valence-corrected chi connectivity index (χ3v) is 7.86. The Morgan fingerprint density at radius 1 is 0.976 bits per heavy atom. The van der Waals surface area contributed by atoms with E-state index < -0.39 is 17.6 Å². The Kier molecular flexibility index (Phi) is 7.00. The molecule has 1 fully saturated rings. The first-order valence-corrected chi connectivity index (χ1v) is 13.7. The second kappa shape index (κ2) is 10.6. The van der Waals surface area contributed by atoms with Crippen molar-refractivity contribution in [2.75, 3.05) is 27.9 Å². The highest BCUT2D eigenvalue weighted by molar-refractivity contribution is 7.00. The van der Waals surface area contributed by atoms with Crippen molar-refractivity contribution in [3.8, 4) is 23.0 Å². The van der Waals surface area contributed by atoms with Gasteiger partial charge < -0.3 is 28.8 Å². The molecule has 1 aromatic heterocycles. The quantitative estimate of drug-likeness (QED) is 0.259. The first-order valence-electron chi connectivity index (χ1n) is 13.0. The Morgan fingerprint density at radius 2 is 1.68 bits per heavy atom. The van der Waals surface area contributed by atoms with Crippen molar-refractivity contribution < 1.29 is 38.0 Å². The zero-order valence-electron chi connectivity index (χ0n) is 22.6. The van der Waals surface area contributed by atoms with E-state index in [1.54, 1.807) is 30.3 Å². The lowest BCUT2D eigenvalue weighted by Gasteiger charge is -2.26. The van der Waals surface area contributed by atoms with Crippen molar-refractivity contribution in [3.05, 3.63) is 76.6 Å². The van der Waals surface area contributed by atoms with Gasteiger partial charge in [-0.05, 0) is 72.4 Å². The molecule has 3 aromatic carbocycles. The lowest BCUT2D eigenvalue weighted by molar-refractivity contribution is -0.185. The van der Waals surface area contributed by atoms with E-state index in [1.165, 1.54) is 33.5 Å². The molecule has 11 heteroatoms. The van der Waals surface area contributed by atoms with Gasteiger partial charge in [0.05, 0.1) is 45.2 Å². The topological polar surface area (TPSA) is 109 Å². The van der Waals surface area contributed by atoms with Gasteiger partial charge in [-0.1, -0.05) is 6.07 Å². The molecule has 0 saturated heterocycles. The van der Waals surface area contributed by atoms with Crippen molar-refractivity contribution in [3.63, 3.8) is 0 Å². The van der Waals surface area contributed by atoms with E-state index in [1.807, 2.05) is 0 Å². The number of carbonyl (C=O) groups excluding carboxylic acids is 1. The van der Waals surface area contributed by atoms with E-state index >= 15 is 0 Å². The van der Waals surface area contributed by atoms with Crippen LogP contribution in [0.5, 0.6) is 23.0 Å². The fourth-order valence-corrected chi connectivity index (χ4v) is 5.47. The van der Waals surface area contributed by atoms with Gasteiger partial charge in [0, 0.05) is 17.6 Å². The molecule has 1 aliphatic carbocycles. The van der Waals surface area contributed by atoms with E-state index in [9.17, 15) is 14.3 Å². The number of rotatable bonds is 10. The Labute approximate surface area is 239 Å². The molecule has 0 amide bonds. The highest BCUT2D eigenvalue weighted by atomic mass is 32.1. The van der Waals surface area contributed by atoms with Crippen LogP contribution < -0.4 is 18.9 Å². The average Bonchev–Trinajstić information content (AvgIpc) is 3.62. The summed E-state index contributed by atoms with van der Waals surface area (Å²) in [7, 11) is 4.40. The standard InChI is InChI=1S/C30H27FN2O7S/c1-36-24-9-7-19(14-21(24)31)30(35)20(27(29(34)40-30)18-6-8-22-23(13-18)33-41-32-22)10-17-11-25(37-2)28(26(12-17)38-3)39-15-16-4-5-16/h6-9,11-14,16,35H,4-5,10,15H2,1-3H3. The molecule has 41 heavy (non-hydrogen) atoms. The van der Waals surface area contributed by atoms with Gasteiger partial charge in [0.25, 0.3) is 5.79 Å². The number of benzene rings is 3. The normalized spacial score (nSPS) is 18.5. The molecule has 212 valence electrons. The van der Waals surface area contributed by atoms with Gasteiger partial charge >= 0.3 is 5.97 Å². The second-order valence-electron chi connectivity index (χ2n) is 9.96. The summed E-state index contributed by atoms with van der Waals surface area (Å²) in [4.78, 5) is 13.4. The highest BCUT2D eigenvalue weighted by Crippen LogP contribution is 2.47. The van der Waals surface area contributed by atoms with E-state index in [2.05, 4.69) is 8.75 Å². The van der Waals surface area contributed by atoms with Crippen LogP contribution in [0.3, 0.4) is 0 Å². The van der Waals surface area contributed by atoms with Crippen LogP contribution >= 0.6 is 11.7 Å². The maximum Gasteiger partial charge on any atom is 0.342 e. The molecule has 0 spiro atoms. The molecule has 4 aromatic rings. The lowest BCUT2D eigenvalue weighted by atomic mass is 9.87. The molecular formula is C30H27FN2O7S. The number of carbonyl (C=O) groups is 1. The SMILES string of the molecule is COc1ccc(C2(O)OC(=O)C(c3ccc4nsnc4c3)=C2Cc2cc(OC)c(OCC3CC3)c(OC)c2)cc1F. The third-order valence-electron chi connectivity index (χ3n) is 7.30. The van der Waals surface area contributed by atoms with Gasteiger partial charge in [-0.25, -0.2) is 9.18 Å². The molecule has 2 aliphatic rings. The predicted octanol–water partition coefficient (Wildman–Crippen LogP) is 5.04. The largest absolute Gasteiger partial charge is 0.494 e. The number of ether oxygens (including phenoxy) is 5. The Hall–Kier alpha value is -4.22. The Balaban J connectivity index is 1.49. The summed E-state index contributed by atoms with van der Waals surface area (Å²) >= 11 is 1.05. The van der Waals surface area contributed by atoms with Crippen LogP contribution in [0.4, 0.5) is 4.39 Å². The van der Waals surface area contributed by atoms with Crippen LogP contribution in [0, 0.1) is 11.7 Å². The molecule has 1 saturated carbocycles. The number of halogens is 1. The summed E-state index contributed by atoms with van der Waals surface area (Å²) in [5.41, 5.74) is 2.80. The molecule has 1 N–H and O–H groups in total. The monoisotopic (exact) mass is 578 g/mol. The van der Waals surface area contributed by atoms with Crippen molar-refractivity contribution in [2.24, 2.45) is 5.92 Å². The van der Waals surface area contributed by atoms with Gasteiger partial charge in [-0.15, -0.1) is 0 Å². The Morgan fingerprint density at radius 3 is 2.34 bits per heavy atom. The predicted molar refractivity (Wildman–Crippen MR) is 149 cm³/mol. The van der Waals surface area contributed by atoms with E-state index in [0.717, 1.165) is 30.6 Å². The molecule has 0 radical (unpaired) electrons. The molecule has 0 bridgehead atoms. The summed E-state index contributed by atoms with van der Waals surface area (Å²) in [6.07, 6.45) is 2.29. The lowest BCUT2D eigenvalue weighted by Crippen LogP contribution is -2.30. The average molecular weight is 579 g/mol. The highest BCUT2D eigenvalue weighted by Gasteiger charge is 2.48. The maximum absolute atomic E-state index is 14.8. The summed E-state index contributed by atoms with van der Waals surface area (Å²) < 4.78 is 51.3. The minimum absolute atomic E-state index is 0.00910. The minimum atomic E-state index is -2.27. The number of fused-ring (bicyclic) bond motifs is 1. The molecule has 2 heterocycles. The number of methoxy groups -OCH3 is 3. The third kappa shape index (κ3) is 4.95. The van der Waals surface area contributed by atoms with Crippen LogP contribution in [0.25, 0.3) is 16.6 Å². The van der Waals surface area contributed by atoms with Crippen LogP contribution in [0.1, 0.15) is 29.5 Å². The number of aromatic nitrogens is 2. The van der Waals surface area contributed by atoms with Gasteiger partial charge in [-0.2, -0.15) is 8.75 Å². The van der Waals surface area contributed by atoms with Crippen molar-refractivity contribution in [1.29, 1.82) is 0 Å². The smallest absolute Gasteiger partial charge is 0.342 e. The van der Waals surface area contributed by atoms with E-state index in [-0.39, 0.29) is 28.9 Å². The minimum Gasteiger partial charge on any atom is -0.494 e. The fourth-order valence-electron chi connectivity index (χ4n) is 4.96. The van der Waals surface area contributed by atoms with Gasteiger partial charge in [0.1, 0.15) is 11.0 Å². The summed E-state index contributed by atoms with van der Waals surface area (Å²) in [5, 5.41) is 12.0. The summed E-state index contributed by atoms with van der Waals surface area (Å²) in [6.45, 7) is 0.556. The first-order chi connectivity index (χ1) is 19.8. The van der Waals surface area contributed by atoms with Gasteiger partial charge in [0.2, 0.25) is 5.75 Å². The summed E-state index contributed by atoms with van der Waals surface area (Å²) in [6, 6.07) is 12.6. The van der Waals surface area contributed by atoms with Crippen LogP contribution in [0.2, 0.25) is 0 Å². The number of hydrogen-bond acceptors (Lipinski definition) is 10. The zero-order chi connectivity index (χ0) is 28.7. The zero-order valence-corrected chi connectivity index (χ0v) is 23.4. The van der Waals surface area contributed by atoms with Crippen molar-refractivity contribution >= 4 is 34.3 Å². The van der Waals surface area contributed by atoms with Crippen molar-refractivity contribution in [2.45, 2.75) is 25.0 Å². The van der Waals surface area contributed by atoms with E-state index in [4.69, 9.17) is 23.7 Å². The molecule has 6 rings (SSSR count). The number of esters is 1. The van der Waals surface area contributed by atoms with Crippen LogP contribution in [-0.4, -0.2) is 47.8 Å². The molecule has 1 atom stereocenters. The maximum atomic E-state index is 14.8. The number of aliphatic hydroxyl groups is 1. The molecule has 9 nitrogen and oxygen atoms in total. The molecule has 1 aliphatic heterocycles. The fraction of sp³-hybridized carbons (Fsp3) is 0.300. The van der Waals surface area contributed by atoms with Crippen LogP contribution in [-0.2, 0) is 21.7 Å². The Bertz CT molecular complexity index is 1660. The van der Waals surface area contributed by atoms with Crippen molar-refractivity contribution in [1.82, 2.24) is 8.75 Å².